The third kappa shape index (κ3) is 6.49. The number of halogens is 4. The lowest BCUT2D eigenvalue weighted by Gasteiger charge is -2.29. The molecule has 190 valence electrons. The van der Waals surface area contributed by atoms with E-state index in [2.05, 4.69) is 4.98 Å². The van der Waals surface area contributed by atoms with Crippen LogP contribution in [0.1, 0.15) is 61.3 Å². The molecule has 0 fully saturated rings. The summed E-state index contributed by atoms with van der Waals surface area (Å²) < 4.78 is 54.4. The van der Waals surface area contributed by atoms with E-state index in [1.165, 1.54) is 4.90 Å². The number of benzene rings is 2. The van der Waals surface area contributed by atoms with Crippen LogP contribution in [0.2, 0.25) is 0 Å². The molecular formula is C26H30F4N2O3. The molecule has 0 atom stereocenters. The van der Waals surface area contributed by atoms with Crippen molar-refractivity contribution < 1.29 is 32.9 Å². The number of amides is 1. The van der Waals surface area contributed by atoms with E-state index in [9.17, 15) is 22.4 Å². The van der Waals surface area contributed by atoms with Crippen LogP contribution in [0.25, 0.3) is 16.5 Å². The second kappa shape index (κ2) is 11.0. The number of hydrogen-bond acceptors (Lipinski definition) is 3. The van der Waals surface area contributed by atoms with Crippen LogP contribution in [0, 0.1) is 18.2 Å². The van der Waals surface area contributed by atoms with Crippen LogP contribution >= 0.6 is 0 Å². The zero-order chi connectivity index (χ0) is 26.6. The van der Waals surface area contributed by atoms with Crippen LogP contribution in [0.3, 0.4) is 0 Å². The van der Waals surface area contributed by atoms with Gasteiger partial charge in [0.25, 0.3) is 5.91 Å². The molecule has 1 heterocycles. The second-order valence-electron chi connectivity index (χ2n) is 9.34. The maximum absolute atomic E-state index is 14.8. The van der Waals surface area contributed by atoms with Gasteiger partial charge >= 0.3 is 6.18 Å². The molecule has 0 bridgehead atoms. The van der Waals surface area contributed by atoms with Crippen LogP contribution in [0.15, 0.2) is 48.7 Å². The summed E-state index contributed by atoms with van der Waals surface area (Å²) in [5, 5.41) is 13.0. The average Bonchev–Trinajstić information content (AvgIpc) is 3.12. The molecule has 0 radical (unpaired) electrons. The van der Waals surface area contributed by atoms with Crippen molar-refractivity contribution in [2.24, 2.45) is 5.41 Å². The average molecular weight is 495 g/mol. The topological polar surface area (TPSA) is 76.6 Å². The molecule has 0 aliphatic rings. The lowest BCUT2D eigenvalue weighted by Crippen LogP contribution is -2.35. The molecule has 35 heavy (non-hydrogen) atoms. The number of rotatable bonds is 5. The van der Waals surface area contributed by atoms with Crippen LogP contribution < -0.4 is 0 Å². The van der Waals surface area contributed by atoms with E-state index in [1.54, 1.807) is 6.20 Å². The van der Waals surface area contributed by atoms with Gasteiger partial charge in [-0.2, -0.15) is 13.2 Å². The van der Waals surface area contributed by atoms with Gasteiger partial charge in [-0.1, -0.05) is 52.0 Å². The zero-order valence-corrected chi connectivity index (χ0v) is 20.3. The lowest BCUT2D eigenvalue weighted by atomic mass is 9.95. The van der Waals surface area contributed by atoms with Gasteiger partial charge < -0.3 is 9.88 Å². The molecule has 3 N–H and O–H groups in total. The number of carbonyl (C=O) groups is 1. The minimum atomic E-state index is -4.89. The molecule has 0 spiro atoms. The summed E-state index contributed by atoms with van der Waals surface area (Å²) in [7, 11) is 0. The first kappa shape index (κ1) is 28.1. The third-order valence-electron chi connectivity index (χ3n) is 5.42. The van der Waals surface area contributed by atoms with Gasteiger partial charge in [0.1, 0.15) is 5.82 Å². The largest absolute Gasteiger partial charge is 0.419 e. The summed E-state index contributed by atoms with van der Waals surface area (Å²) in [6.07, 6.45) is -2.70. The zero-order valence-electron chi connectivity index (χ0n) is 20.3. The van der Waals surface area contributed by atoms with Crippen LogP contribution in [-0.2, 0) is 6.18 Å². The van der Waals surface area contributed by atoms with Crippen molar-refractivity contribution in [2.45, 2.75) is 47.2 Å². The van der Waals surface area contributed by atoms with Crippen molar-refractivity contribution in [3.8, 4) is 0 Å². The Hall–Kier alpha value is -3.17. The van der Waals surface area contributed by atoms with E-state index in [4.69, 9.17) is 10.5 Å². The fraction of sp³-hybridized carbons (Fsp3) is 0.346. The molecule has 2 aromatic carbocycles. The Bertz CT molecular complexity index is 1210. The molecule has 0 saturated heterocycles. The summed E-state index contributed by atoms with van der Waals surface area (Å²) in [4.78, 5) is 18.0. The number of aromatic amines is 1. The molecule has 3 aromatic rings. The number of nitrogens with zero attached hydrogens (tertiary/aromatic N) is 1. The second-order valence-corrected chi connectivity index (χ2v) is 9.34. The van der Waals surface area contributed by atoms with E-state index >= 15 is 0 Å². The molecule has 0 aliphatic carbocycles. The number of alkyl halides is 3. The molecule has 0 unspecified atom stereocenters. The summed E-state index contributed by atoms with van der Waals surface area (Å²) in [6, 6.07) is 10.6. The molecule has 1 amide bonds. The van der Waals surface area contributed by atoms with E-state index in [0.717, 1.165) is 39.9 Å². The summed E-state index contributed by atoms with van der Waals surface area (Å²) in [5.74, 6) is -2.37. The van der Waals surface area contributed by atoms with Crippen molar-refractivity contribution in [3.63, 3.8) is 0 Å². The van der Waals surface area contributed by atoms with Crippen LogP contribution in [0.5, 0.6) is 0 Å². The number of nitrogens with one attached hydrogen (secondary N) is 1. The number of para-hydroxylation sites is 1. The van der Waals surface area contributed by atoms with E-state index in [1.807, 2.05) is 58.9 Å². The van der Waals surface area contributed by atoms with E-state index < -0.39 is 29.0 Å². The Morgan fingerprint density at radius 2 is 1.69 bits per heavy atom. The summed E-state index contributed by atoms with van der Waals surface area (Å²) in [6.45, 7) is 9.82. The molecular weight excluding hydrogens is 464 g/mol. The van der Waals surface area contributed by atoms with Crippen LogP contribution in [-0.4, -0.2) is 32.9 Å². The molecule has 3 rings (SSSR count). The van der Waals surface area contributed by atoms with Crippen molar-refractivity contribution in [1.82, 2.24) is 9.88 Å². The number of carbonyl (C=O) groups excluding carboxylic acids is 1. The van der Waals surface area contributed by atoms with Crippen molar-refractivity contribution in [3.05, 3.63) is 76.9 Å². The maximum Gasteiger partial charge on any atom is 0.419 e. The van der Waals surface area contributed by atoms with Gasteiger partial charge in [0.05, 0.1) is 11.1 Å². The number of aromatic nitrogens is 1. The van der Waals surface area contributed by atoms with Gasteiger partial charge in [-0.05, 0) is 48.1 Å². The Labute approximate surface area is 201 Å². The Balaban J connectivity index is 0.00000210. The fourth-order valence-electron chi connectivity index (χ4n) is 3.88. The maximum atomic E-state index is 14.8. The number of aryl methyl sites for hydroxylation is 1. The van der Waals surface area contributed by atoms with Gasteiger partial charge in [-0.15, -0.1) is 0 Å². The quantitative estimate of drug-likeness (QED) is 0.194. The minimum Gasteiger partial charge on any atom is -0.355 e. The predicted molar refractivity (Wildman–Crippen MR) is 128 cm³/mol. The van der Waals surface area contributed by atoms with Crippen molar-refractivity contribution in [1.29, 1.82) is 0 Å². The summed E-state index contributed by atoms with van der Waals surface area (Å²) in [5.41, 5.74) is 1.17. The lowest BCUT2D eigenvalue weighted by molar-refractivity contribution is -0.176. The normalized spacial score (nSPS) is 12.4. The first-order chi connectivity index (χ1) is 16.3. The van der Waals surface area contributed by atoms with E-state index in [0.29, 0.717) is 12.5 Å². The number of hydrogen-bond donors (Lipinski definition) is 3. The standard InChI is InChI=1S/C26H28F4N2O.H2O2/c1-6-17(23-16(2)18-10-7-8-13-21(18)31-23)14-32(15-25(3,4)5)24(33)19-11-9-12-20(22(19)27)26(28,29)30;1-2/h7-14,31H,6,15H2,1-5H3;1-2H/b17-14-;. The molecule has 9 heteroatoms. The Morgan fingerprint density at radius 1 is 1.06 bits per heavy atom. The van der Waals surface area contributed by atoms with Crippen LogP contribution in [0.4, 0.5) is 17.6 Å². The summed E-state index contributed by atoms with van der Waals surface area (Å²) >= 11 is 0. The SMILES string of the molecule is CC/C(=C/N(CC(C)(C)C)C(=O)c1cccc(C(F)(F)F)c1F)c1[nH]c2ccccc2c1C.OO. The highest BCUT2D eigenvalue weighted by atomic mass is 19.4. The Kier molecular flexibility index (Phi) is 8.86. The monoisotopic (exact) mass is 494 g/mol. The highest BCUT2D eigenvalue weighted by molar-refractivity contribution is 5.96. The van der Waals surface area contributed by atoms with Crippen molar-refractivity contribution >= 4 is 22.4 Å². The fourth-order valence-corrected chi connectivity index (χ4v) is 3.88. The number of H-pyrrole nitrogens is 1. The first-order valence-electron chi connectivity index (χ1n) is 11.0. The number of fused-ring (bicyclic) bond motifs is 1. The molecule has 1 aromatic heterocycles. The molecule has 0 aliphatic heterocycles. The predicted octanol–water partition coefficient (Wildman–Crippen LogP) is 7.59. The van der Waals surface area contributed by atoms with Gasteiger partial charge in [0.2, 0.25) is 0 Å². The van der Waals surface area contributed by atoms with E-state index in [-0.39, 0.29) is 12.0 Å². The highest BCUT2D eigenvalue weighted by Gasteiger charge is 2.36. The number of allylic oxidation sites excluding steroid dienone is 1. The smallest absolute Gasteiger partial charge is 0.355 e. The highest BCUT2D eigenvalue weighted by Crippen LogP contribution is 2.34. The molecule has 0 saturated carbocycles. The first-order valence-corrected chi connectivity index (χ1v) is 11.0. The van der Waals surface area contributed by atoms with Gasteiger partial charge in [0.15, 0.2) is 0 Å². The van der Waals surface area contributed by atoms with Gasteiger partial charge in [0, 0.05) is 29.3 Å². The minimum absolute atomic E-state index is 0.199. The van der Waals surface area contributed by atoms with Gasteiger partial charge in [-0.3, -0.25) is 15.3 Å². The Morgan fingerprint density at radius 3 is 2.23 bits per heavy atom. The third-order valence-corrected chi connectivity index (χ3v) is 5.42. The van der Waals surface area contributed by atoms with Gasteiger partial charge in [-0.25, -0.2) is 4.39 Å². The van der Waals surface area contributed by atoms with Crippen molar-refractivity contribution in [2.75, 3.05) is 6.54 Å². The molecule has 5 nitrogen and oxygen atoms in total.